The number of amides is 1. The van der Waals surface area contributed by atoms with Crippen LogP contribution in [-0.4, -0.2) is 49.3 Å². The second kappa shape index (κ2) is 7.75. The number of hydrogen-bond donors (Lipinski definition) is 2. The number of hydrogen-bond acceptors (Lipinski definition) is 4. The van der Waals surface area contributed by atoms with Crippen molar-refractivity contribution in [3.8, 4) is 0 Å². The maximum absolute atomic E-state index is 12.7. The van der Waals surface area contributed by atoms with Gasteiger partial charge in [0.25, 0.3) is 0 Å². The fourth-order valence-electron chi connectivity index (χ4n) is 3.36. The molecule has 1 aromatic rings. The van der Waals surface area contributed by atoms with Gasteiger partial charge in [-0.3, -0.25) is 4.79 Å². The Kier molecular flexibility index (Phi) is 5.62. The Balaban J connectivity index is 1.55. The minimum Gasteiger partial charge on any atom is -0.478 e. The molecule has 0 bridgehead atoms. The minimum atomic E-state index is -3.67. The van der Waals surface area contributed by atoms with Crippen LogP contribution in [0.4, 0.5) is 0 Å². The topological polar surface area (TPSA) is 104 Å². The van der Waals surface area contributed by atoms with Gasteiger partial charge in [0.1, 0.15) is 0 Å². The van der Waals surface area contributed by atoms with Gasteiger partial charge < -0.3 is 10.4 Å². The summed E-state index contributed by atoms with van der Waals surface area (Å²) in [6.45, 7) is 1.32. The van der Waals surface area contributed by atoms with Crippen molar-refractivity contribution in [2.24, 2.45) is 11.8 Å². The first-order valence-electron chi connectivity index (χ1n) is 8.99. The smallest absolute Gasteiger partial charge is 0.335 e. The normalized spacial score (nSPS) is 19.7. The molecule has 1 heterocycles. The third-order valence-corrected chi connectivity index (χ3v) is 7.27. The van der Waals surface area contributed by atoms with Gasteiger partial charge in [0, 0.05) is 25.6 Å². The molecule has 0 aromatic heterocycles. The minimum absolute atomic E-state index is 0.0276. The molecule has 1 saturated carbocycles. The summed E-state index contributed by atoms with van der Waals surface area (Å²) in [6.07, 6.45) is 4.60. The summed E-state index contributed by atoms with van der Waals surface area (Å²) in [5.74, 6) is -0.605. The molecule has 0 atom stereocenters. The van der Waals surface area contributed by atoms with Crippen molar-refractivity contribution < 1.29 is 23.1 Å². The Morgan fingerprint density at radius 3 is 2.19 bits per heavy atom. The molecule has 26 heavy (non-hydrogen) atoms. The van der Waals surface area contributed by atoms with Gasteiger partial charge >= 0.3 is 5.97 Å². The summed E-state index contributed by atoms with van der Waals surface area (Å²) in [6, 6.07) is 5.21. The van der Waals surface area contributed by atoms with E-state index < -0.39 is 16.0 Å². The Morgan fingerprint density at radius 1 is 1.08 bits per heavy atom. The van der Waals surface area contributed by atoms with Gasteiger partial charge in [0.05, 0.1) is 10.5 Å². The van der Waals surface area contributed by atoms with Crippen LogP contribution >= 0.6 is 0 Å². The standard InChI is InChI=1S/C18H24N2O5S/c21-17(19-12-13-2-1-3-13)14-8-10-20(11-9-14)26(24,25)16-6-4-15(5-7-16)18(22)23/h4-7,13-14H,1-3,8-12H2,(H,19,21)(H,22,23). The second-order valence-electron chi connectivity index (χ2n) is 7.05. The maximum Gasteiger partial charge on any atom is 0.335 e. The highest BCUT2D eigenvalue weighted by Crippen LogP contribution is 2.27. The third-order valence-electron chi connectivity index (χ3n) is 5.35. The van der Waals surface area contributed by atoms with Crippen molar-refractivity contribution in [1.29, 1.82) is 0 Å². The lowest BCUT2D eigenvalue weighted by Crippen LogP contribution is -2.44. The molecular weight excluding hydrogens is 356 g/mol. The van der Waals surface area contributed by atoms with Gasteiger partial charge in [-0.25, -0.2) is 13.2 Å². The zero-order valence-corrected chi connectivity index (χ0v) is 15.4. The number of carbonyl (C=O) groups is 2. The molecule has 7 nitrogen and oxygen atoms in total. The van der Waals surface area contributed by atoms with E-state index in [9.17, 15) is 18.0 Å². The van der Waals surface area contributed by atoms with E-state index in [4.69, 9.17) is 5.11 Å². The molecule has 1 aromatic carbocycles. The van der Waals surface area contributed by atoms with Gasteiger partial charge in [-0.2, -0.15) is 4.31 Å². The molecule has 0 unspecified atom stereocenters. The number of carboxylic acids is 1. The van der Waals surface area contributed by atoms with Crippen molar-refractivity contribution in [3.63, 3.8) is 0 Å². The largest absolute Gasteiger partial charge is 0.478 e. The van der Waals surface area contributed by atoms with Gasteiger partial charge in [0.2, 0.25) is 15.9 Å². The van der Waals surface area contributed by atoms with Crippen LogP contribution in [0.1, 0.15) is 42.5 Å². The number of aromatic carboxylic acids is 1. The molecule has 2 N–H and O–H groups in total. The monoisotopic (exact) mass is 380 g/mol. The lowest BCUT2D eigenvalue weighted by Gasteiger charge is -2.31. The number of benzene rings is 1. The first kappa shape index (κ1) is 18.8. The maximum atomic E-state index is 12.7. The fraction of sp³-hybridized carbons (Fsp3) is 0.556. The number of piperidine rings is 1. The van der Waals surface area contributed by atoms with E-state index in [1.807, 2.05) is 0 Å². The highest BCUT2D eigenvalue weighted by atomic mass is 32.2. The SMILES string of the molecule is O=C(O)c1ccc(S(=O)(=O)N2CCC(C(=O)NCC3CCC3)CC2)cc1. The number of carbonyl (C=O) groups excluding carboxylic acids is 1. The Hall–Kier alpha value is -1.93. The van der Waals surface area contributed by atoms with Gasteiger partial charge in [-0.15, -0.1) is 0 Å². The summed E-state index contributed by atoms with van der Waals surface area (Å²) in [4.78, 5) is 23.2. The van der Waals surface area contributed by atoms with Crippen LogP contribution in [0.15, 0.2) is 29.2 Å². The zero-order chi connectivity index (χ0) is 18.7. The van der Waals surface area contributed by atoms with Crippen LogP contribution in [0.3, 0.4) is 0 Å². The summed E-state index contributed by atoms with van der Waals surface area (Å²) in [7, 11) is -3.67. The van der Waals surface area contributed by atoms with Crippen molar-refractivity contribution in [2.45, 2.75) is 37.0 Å². The predicted molar refractivity (Wildman–Crippen MR) is 95.2 cm³/mol. The quantitative estimate of drug-likeness (QED) is 0.782. The van der Waals surface area contributed by atoms with E-state index >= 15 is 0 Å². The van der Waals surface area contributed by atoms with Crippen LogP contribution in [-0.2, 0) is 14.8 Å². The summed E-state index contributed by atoms with van der Waals surface area (Å²) >= 11 is 0. The average molecular weight is 380 g/mol. The highest BCUT2D eigenvalue weighted by Gasteiger charge is 2.32. The second-order valence-corrected chi connectivity index (χ2v) is 8.99. The van der Waals surface area contributed by atoms with E-state index in [-0.39, 0.29) is 22.3 Å². The molecule has 142 valence electrons. The average Bonchev–Trinajstić information content (AvgIpc) is 2.60. The van der Waals surface area contributed by atoms with Gasteiger partial charge in [0.15, 0.2) is 0 Å². The van der Waals surface area contributed by atoms with Crippen molar-refractivity contribution in [2.75, 3.05) is 19.6 Å². The number of carboxylic acid groups (broad SMARTS) is 1. The molecular formula is C18H24N2O5S. The highest BCUT2D eigenvalue weighted by molar-refractivity contribution is 7.89. The Bertz CT molecular complexity index is 763. The van der Waals surface area contributed by atoms with Gasteiger partial charge in [-0.1, -0.05) is 6.42 Å². The van der Waals surface area contributed by atoms with Gasteiger partial charge in [-0.05, 0) is 55.9 Å². The zero-order valence-electron chi connectivity index (χ0n) is 14.6. The van der Waals surface area contributed by atoms with Crippen LogP contribution < -0.4 is 5.32 Å². The molecule has 1 aliphatic carbocycles. The fourth-order valence-corrected chi connectivity index (χ4v) is 4.83. The van der Waals surface area contributed by atoms with E-state index in [1.165, 1.54) is 47.8 Å². The van der Waals surface area contributed by atoms with Crippen LogP contribution in [0, 0.1) is 11.8 Å². The molecule has 2 fully saturated rings. The molecule has 1 saturated heterocycles. The van der Waals surface area contributed by atoms with Crippen molar-refractivity contribution in [1.82, 2.24) is 9.62 Å². The van der Waals surface area contributed by atoms with Crippen LogP contribution in [0.5, 0.6) is 0 Å². The lowest BCUT2D eigenvalue weighted by atomic mass is 9.85. The molecule has 0 spiro atoms. The third kappa shape index (κ3) is 4.07. The van der Waals surface area contributed by atoms with Crippen LogP contribution in [0.25, 0.3) is 0 Å². The number of nitrogens with zero attached hydrogens (tertiary/aromatic N) is 1. The Morgan fingerprint density at radius 2 is 1.69 bits per heavy atom. The van der Waals surface area contributed by atoms with E-state index in [0.29, 0.717) is 31.8 Å². The van der Waals surface area contributed by atoms with Crippen molar-refractivity contribution in [3.05, 3.63) is 29.8 Å². The Labute approximate surface area is 153 Å². The van der Waals surface area contributed by atoms with Crippen molar-refractivity contribution >= 4 is 21.9 Å². The van der Waals surface area contributed by atoms with E-state index in [1.54, 1.807) is 0 Å². The molecule has 1 amide bonds. The number of rotatable bonds is 6. The number of sulfonamides is 1. The molecule has 1 aliphatic heterocycles. The summed E-state index contributed by atoms with van der Waals surface area (Å²) < 4.78 is 26.7. The summed E-state index contributed by atoms with van der Waals surface area (Å²) in [5.41, 5.74) is 0.0470. The molecule has 3 rings (SSSR count). The lowest BCUT2D eigenvalue weighted by molar-refractivity contribution is -0.126. The molecule has 8 heteroatoms. The first-order chi connectivity index (χ1) is 12.4. The first-order valence-corrected chi connectivity index (χ1v) is 10.4. The molecule has 0 radical (unpaired) electrons. The van der Waals surface area contributed by atoms with Crippen LogP contribution in [0.2, 0.25) is 0 Å². The van der Waals surface area contributed by atoms with E-state index in [2.05, 4.69) is 5.32 Å². The number of nitrogens with one attached hydrogen (secondary N) is 1. The predicted octanol–water partition coefficient (Wildman–Crippen LogP) is 1.70. The molecule has 2 aliphatic rings. The summed E-state index contributed by atoms with van der Waals surface area (Å²) in [5, 5.41) is 11.9. The van der Waals surface area contributed by atoms with E-state index in [0.717, 1.165) is 6.54 Å².